The van der Waals surface area contributed by atoms with Gasteiger partial charge in [0, 0.05) is 31.9 Å². The number of carbonyl (C=O) groups is 1. The van der Waals surface area contributed by atoms with Crippen LogP contribution in [0.1, 0.15) is 5.56 Å². The molecule has 0 bridgehead atoms. The van der Waals surface area contributed by atoms with Gasteiger partial charge in [-0.05, 0) is 24.6 Å². The van der Waals surface area contributed by atoms with Crippen LogP contribution in [0.5, 0.6) is 0 Å². The molecule has 3 rings (SSSR count). The van der Waals surface area contributed by atoms with Crippen LogP contribution in [0, 0.1) is 6.92 Å². The maximum atomic E-state index is 12.3. The van der Waals surface area contributed by atoms with Gasteiger partial charge in [-0.1, -0.05) is 12.1 Å². The van der Waals surface area contributed by atoms with Crippen molar-refractivity contribution < 1.29 is 4.79 Å². The van der Waals surface area contributed by atoms with Gasteiger partial charge in [-0.2, -0.15) is 0 Å². The van der Waals surface area contributed by atoms with Crippen LogP contribution in [-0.4, -0.2) is 43.2 Å². The van der Waals surface area contributed by atoms with E-state index < -0.39 is 0 Å². The predicted molar refractivity (Wildman–Crippen MR) is 67.3 cm³/mol. The Labute approximate surface area is 101 Å². The second-order valence-electron chi connectivity index (χ2n) is 4.78. The minimum absolute atomic E-state index is 0.155. The van der Waals surface area contributed by atoms with Crippen LogP contribution >= 0.6 is 0 Å². The Bertz CT molecular complexity index is 446. The molecule has 1 atom stereocenters. The van der Waals surface area contributed by atoms with Gasteiger partial charge in [0.15, 0.2) is 0 Å². The molecule has 4 nitrogen and oxygen atoms in total. The molecule has 90 valence electrons. The first kappa shape index (κ1) is 10.6. The summed E-state index contributed by atoms with van der Waals surface area (Å²) < 4.78 is 0. The maximum absolute atomic E-state index is 12.3. The fourth-order valence-corrected chi connectivity index (χ4v) is 2.63. The minimum Gasteiger partial charge on any atom is -0.317 e. The van der Waals surface area contributed by atoms with E-state index in [0.29, 0.717) is 6.04 Å². The Morgan fingerprint density at radius 1 is 1.41 bits per heavy atom. The van der Waals surface area contributed by atoms with Gasteiger partial charge in [-0.3, -0.25) is 4.90 Å². The Balaban J connectivity index is 1.87. The highest BCUT2D eigenvalue weighted by molar-refractivity contribution is 5.94. The van der Waals surface area contributed by atoms with E-state index in [1.54, 1.807) is 0 Å². The number of aryl methyl sites for hydroxylation is 1. The highest BCUT2D eigenvalue weighted by Gasteiger charge is 2.38. The van der Waals surface area contributed by atoms with Gasteiger partial charge in [0.2, 0.25) is 0 Å². The van der Waals surface area contributed by atoms with Crippen LogP contribution in [-0.2, 0) is 0 Å². The molecule has 17 heavy (non-hydrogen) atoms. The second-order valence-corrected chi connectivity index (χ2v) is 4.78. The second kappa shape index (κ2) is 4.04. The summed E-state index contributed by atoms with van der Waals surface area (Å²) in [5, 5.41) is 3.34. The predicted octanol–water partition coefficient (Wildman–Crippen LogP) is 1.21. The van der Waals surface area contributed by atoms with Gasteiger partial charge in [0.05, 0.1) is 6.04 Å². The van der Waals surface area contributed by atoms with Crippen LogP contribution in [0.15, 0.2) is 24.3 Å². The van der Waals surface area contributed by atoms with Crippen LogP contribution in [0.3, 0.4) is 0 Å². The van der Waals surface area contributed by atoms with Crippen molar-refractivity contribution >= 4 is 11.7 Å². The summed E-state index contributed by atoms with van der Waals surface area (Å²) >= 11 is 0. The monoisotopic (exact) mass is 231 g/mol. The van der Waals surface area contributed by atoms with Gasteiger partial charge in [0.1, 0.15) is 0 Å². The summed E-state index contributed by atoms with van der Waals surface area (Å²) in [5.74, 6) is 0. The van der Waals surface area contributed by atoms with Crippen molar-refractivity contribution in [2.24, 2.45) is 0 Å². The number of urea groups is 1. The normalized spacial score (nSPS) is 24.1. The SMILES string of the molecule is Cc1cccc(N2CC3CNCCN3C2=O)c1. The van der Waals surface area contributed by atoms with Gasteiger partial charge in [-0.15, -0.1) is 0 Å². The lowest BCUT2D eigenvalue weighted by atomic mass is 10.2. The van der Waals surface area contributed by atoms with Gasteiger partial charge in [0.25, 0.3) is 0 Å². The summed E-state index contributed by atoms with van der Waals surface area (Å²) in [6.07, 6.45) is 0. The molecule has 2 saturated heterocycles. The average molecular weight is 231 g/mol. The maximum Gasteiger partial charge on any atom is 0.324 e. The van der Waals surface area contributed by atoms with Crippen molar-refractivity contribution in [2.75, 3.05) is 31.1 Å². The number of nitrogens with one attached hydrogen (secondary N) is 1. The number of piperazine rings is 1. The fourth-order valence-electron chi connectivity index (χ4n) is 2.63. The number of amides is 2. The molecule has 1 aromatic rings. The number of fused-ring (bicyclic) bond motifs is 1. The van der Waals surface area contributed by atoms with Crippen molar-refractivity contribution in [1.82, 2.24) is 10.2 Å². The summed E-state index contributed by atoms with van der Waals surface area (Å²) in [6.45, 7) is 5.50. The van der Waals surface area contributed by atoms with Crippen molar-refractivity contribution in [3.05, 3.63) is 29.8 Å². The minimum atomic E-state index is 0.155. The quantitative estimate of drug-likeness (QED) is 0.788. The van der Waals surface area contributed by atoms with Crippen LogP contribution in [0.2, 0.25) is 0 Å². The van der Waals surface area contributed by atoms with Crippen LogP contribution in [0.4, 0.5) is 10.5 Å². The number of rotatable bonds is 1. The van der Waals surface area contributed by atoms with E-state index in [2.05, 4.69) is 24.4 Å². The largest absolute Gasteiger partial charge is 0.324 e. The van der Waals surface area contributed by atoms with Crippen LogP contribution in [0.25, 0.3) is 0 Å². The number of anilines is 1. The van der Waals surface area contributed by atoms with E-state index in [4.69, 9.17) is 0 Å². The molecule has 4 heteroatoms. The third-order valence-electron chi connectivity index (χ3n) is 3.53. The van der Waals surface area contributed by atoms with Crippen molar-refractivity contribution in [2.45, 2.75) is 13.0 Å². The summed E-state index contributed by atoms with van der Waals surface area (Å²) in [5.41, 5.74) is 2.21. The Hall–Kier alpha value is -1.55. The first-order valence-corrected chi connectivity index (χ1v) is 6.11. The van der Waals surface area contributed by atoms with Gasteiger partial charge in [-0.25, -0.2) is 4.79 Å². The zero-order chi connectivity index (χ0) is 11.8. The molecule has 2 fully saturated rings. The van der Waals surface area contributed by atoms with E-state index in [1.165, 1.54) is 5.56 Å². The molecule has 0 aliphatic carbocycles. The molecule has 1 aromatic carbocycles. The van der Waals surface area contributed by atoms with E-state index in [-0.39, 0.29) is 6.03 Å². The Kier molecular flexibility index (Phi) is 2.52. The van der Waals surface area contributed by atoms with E-state index >= 15 is 0 Å². The molecule has 2 heterocycles. The standard InChI is InChI=1S/C13H17N3O/c1-10-3-2-4-11(7-10)16-9-12-8-14-5-6-15(12)13(16)17/h2-4,7,12,14H,5-6,8-9H2,1H3. The highest BCUT2D eigenvalue weighted by Crippen LogP contribution is 2.25. The number of carbonyl (C=O) groups excluding carboxylic acids is 1. The van der Waals surface area contributed by atoms with Crippen LogP contribution < -0.4 is 10.2 Å². The molecule has 2 amide bonds. The molecule has 0 saturated carbocycles. The molecule has 1 N–H and O–H groups in total. The van der Waals surface area contributed by atoms with E-state index in [0.717, 1.165) is 31.9 Å². The van der Waals surface area contributed by atoms with Crippen molar-refractivity contribution in [3.63, 3.8) is 0 Å². The first-order valence-electron chi connectivity index (χ1n) is 6.11. The van der Waals surface area contributed by atoms with Gasteiger partial charge >= 0.3 is 6.03 Å². The lowest BCUT2D eigenvalue weighted by Crippen LogP contribution is -2.49. The average Bonchev–Trinajstić information content (AvgIpc) is 2.68. The number of nitrogens with zero attached hydrogens (tertiary/aromatic N) is 2. The summed E-state index contributed by atoms with van der Waals surface area (Å²) in [4.78, 5) is 16.2. The Morgan fingerprint density at radius 3 is 3.06 bits per heavy atom. The fraction of sp³-hybridized carbons (Fsp3) is 0.462. The topological polar surface area (TPSA) is 35.6 Å². The molecule has 2 aliphatic heterocycles. The third kappa shape index (κ3) is 1.78. The van der Waals surface area contributed by atoms with Crippen molar-refractivity contribution in [3.8, 4) is 0 Å². The van der Waals surface area contributed by atoms with Gasteiger partial charge < -0.3 is 10.2 Å². The number of hydrogen-bond donors (Lipinski definition) is 1. The molecular weight excluding hydrogens is 214 g/mol. The Morgan fingerprint density at radius 2 is 2.29 bits per heavy atom. The lowest BCUT2D eigenvalue weighted by molar-refractivity contribution is 0.193. The number of benzene rings is 1. The first-order chi connectivity index (χ1) is 8.25. The van der Waals surface area contributed by atoms with Crippen molar-refractivity contribution in [1.29, 1.82) is 0 Å². The zero-order valence-corrected chi connectivity index (χ0v) is 10.0. The molecule has 0 spiro atoms. The molecule has 0 radical (unpaired) electrons. The molecule has 1 unspecified atom stereocenters. The highest BCUT2D eigenvalue weighted by atomic mass is 16.2. The number of hydrogen-bond acceptors (Lipinski definition) is 2. The van der Waals surface area contributed by atoms with E-state index in [9.17, 15) is 4.79 Å². The molecule has 2 aliphatic rings. The lowest BCUT2D eigenvalue weighted by Gasteiger charge is -2.28. The zero-order valence-electron chi connectivity index (χ0n) is 10.0. The molecular formula is C13H17N3O. The van der Waals surface area contributed by atoms with E-state index in [1.807, 2.05) is 21.9 Å². The summed E-state index contributed by atoms with van der Waals surface area (Å²) in [7, 11) is 0. The third-order valence-corrected chi connectivity index (χ3v) is 3.53. The summed E-state index contributed by atoms with van der Waals surface area (Å²) in [6, 6.07) is 8.63. The molecule has 0 aromatic heterocycles. The smallest absolute Gasteiger partial charge is 0.317 e.